The SMILES string of the molecule is c1ccc(-c2cc(-c3cc4ccccc4c4ccccc34)nc(-c3ccc(-c4cc5c6ccccc6c6c(c7ccccc7n6-c6ccccc6)c5c5ccccc45)cc3)n2)cc1.c1ccc(-c2cc(-c3ccc(-c4cc5c6ccccc6c6c(c7ccccc7n6-c6ccccc6)c5c5ccccc45)cc3)nc(-c3cc4ccccc4c4ccccc34)n2)cc1. The van der Waals surface area contributed by atoms with E-state index in [1.165, 1.54) is 157 Å². The Labute approximate surface area is 725 Å². The lowest BCUT2D eigenvalue weighted by Gasteiger charge is -2.16. The van der Waals surface area contributed by atoms with Gasteiger partial charge in [-0.15, -0.1) is 0 Å². The molecule has 0 spiro atoms. The van der Waals surface area contributed by atoms with Gasteiger partial charge in [0.15, 0.2) is 11.6 Å². The Bertz CT molecular complexity index is 8410. The number of aromatic nitrogens is 6. The third kappa shape index (κ3) is 11.7. The molecule has 0 atom stereocenters. The van der Waals surface area contributed by atoms with Gasteiger partial charge >= 0.3 is 0 Å². The van der Waals surface area contributed by atoms with Gasteiger partial charge in [0, 0.05) is 87.8 Å². The number of fused-ring (bicyclic) bond motifs is 26. The molecule has 0 radical (unpaired) electrons. The lowest BCUT2D eigenvalue weighted by Crippen LogP contribution is -1.97. The van der Waals surface area contributed by atoms with Crippen molar-refractivity contribution in [2.75, 3.05) is 0 Å². The van der Waals surface area contributed by atoms with Crippen molar-refractivity contribution in [1.82, 2.24) is 29.1 Å². The molecule has 4 heterocycles. The quantitative estimate of drug-likeness (QED) is 0.128. The first-order valence-corrected chi connectivity index (χ1v) is 43.2. The molecule has 22 aromatic carbocycles. The molecule has 0 amide bonds. The van der Waals surface area contributed by atoms with E-state index in [1.54, 1.807) is 0 Å². The summed E-state index contributed by atoms with van der Waals surface area (Å²) in [6, 6.07) is 162. The van der Waals surface area contributed by atoms with Crippen molar-refractivity contribution in [1.29, 1.82) is 0 Å². The number of para-hydroxylation sites is 4. The summed E-state index contributed by atoms with van der Waals surface area (Å²) in [6.45, 7) is 0. The van der Waals surface area contributed by atoms with Gasteiger partial charge in [0.25, 0.3) is 0 Å². The van der Waals surface area contributed by atoms with Gasteiger partial charge in [-0.05, 0) is 181 Å². The molecule has 126 heavy (non-hydrogen) atoms. The summed E-state index contributed by atoms with van der Waals surface area (Å²) in [6.07, 6.45) is 0. The predicted molar refractivity (Wildman–Crippen MR) is 531 cm³/mol. The fraction of sp³-hybridized carbons (Fsp3) is 0. The minimum Gasteiger partial charge on any atom is -0.309 e. The van der Waals surface area contributed by atoms with Gasteiger partial charge in [0.2, 0.25) is 0 Å². The number of rotatable bonds is 10. The van der Waals surface area contributed by atoms with E-state index in [1.807, 2.05) is 12.1 Å². The van der Waals surface area contributed by atoms with Crippen LogP contribution in [-0.2, 0) is 0 Å². The second-order valence-electron chi connectivity index (χ2n) is 32.9. The molecule has 0 bridgehead atoms. The van der Waals surface area contributed by atoms with Gasteiger partial charge in [0.1, 0.15) is 0 Å². The van der Waals surface area contributed by atoms with Gasteiger partial charge in [-0.2, -0.15) is 0 Å². The molecule has 0 aliphatic carbocycles. The van der Waals surface area contributed by atoms with Crippen molar-refractivity contribution in [2.45, 2.75) is 0 Å². The van der Waals surface area contributed by atoms with Crippen molar-refractivity contribution in [3.05, 3.63) is 449 Å². The zero-order chi connectivity index (χ0) is 82.9. The van der Waals surface area contributed by atoms with Crippen LogP contribution in [0.2, 0.25) is 0 Å². The fourth-order valence-electron chi connectivity index (χ4n) is 20.3. The van der Waals surface area contributed by atoms with Gasteiger partial charge in [-0.1, -0.05) is 376 Å². The maximum absolute atomic E-state index is 5.35. The third-order valence-corrected chi connectivity index (χ3v) is 25.9. The van der Waals surface area contributed by atoms with Crippen LogP contribution in [0.15, 0.2) is 449 Å². The number of hydrogen-bond donors (Lipinski definition) is 0. The van der Waals surface area contributed by atoms with Crippen molar-refractivity contribution >= 4 is 151 Å². The van der Waals surface area contributed by atoms with Crippen LogP contribution >= 0.6 is 0 Å². The van der Waals surface area contributed by atoms with Crippen LogP contribution in [0.1, 0.15) is 0 Å². The van der Waals surface area contributed by atoms with Crippen molar-refractivity contribution in [3.63, 3.8) is 0 Å². The molecule has 0 saturated heterocycles. The third-order valence-electron chi connectivity index (χ3n) is 25.9. The lowest BCUT2D eigenvalue weighted by atomic mass is 9.88. The van der Waals surface area contributed by atoms with E-state index >= 15 is 0 Å². The van der Waals surface area contributed by atoms with Crippen LogP contribution in [-0.4, -0.2) is 29.1 Å². The molecule has 26 rings (SSSR count). The second-order valence-corrected chi connectivity index (χ2v) is 32.9. The molecule has 6 heteroatoms. The van der Waals surface area contributed by atoms with Gasteiger partial charge in [0.05, 0.1) is 44.8 Å². The Hall–Kier alpha value is -16.8. The Morgan fingerprint density at radius 3 is 0.873 bits per heavy atom. The monoisotopic (exact) mass is 1600 g/mol. The zero-order valence-electron chi connectivity index (χ0n) is 68.4. The molecule has 584 valence electrons. The van der Waals surface area contributed by atoms with E-state index in [0.717, 1.165) is 84.0 Å². The number of benzene rings is 22. The molecule has 0 unspecified atom stereocenters. The minimum atomic E-state index is 0.696. The highest BCUT2D eigenvalue weighted by Crippen LogP contribution is 2.51. The van der Waals surface area contributed by atoms with Crippen molar-refractivity contribution in [2.24, 2.45) is 0 Å². The topological polar surface area (TPSA) is 61.4 Å². The highest BCUT2D eigenvalue weighted by atomic mass is 15.0. The molecule has 6 nitrogen and oxygen atoms in total. The van der Waals surface area contributed by atoms with E-state index in [2.05, 4.69) is 446 Å². The zero-order valence-corrected chi connectivity index (χ0v) is 68.4. The Balaban J connectivity index is 0.000000137. The summed E-state index contributed by atoms with van der Waals surface area (Å²) in [5.74, 6) is 1.41. The highest BCUT2D eigenvalue weighted by molar-refractivity contribution is 6.40. The smallest absolute Gasteiger partial charge is 0.161 e. The van der Waals surface area contributed by atoms with Crippen LogP contribution in [0.5, 0.6) is 0 Å². The highest BCUT2D eigenvalue weighted by Gasteiger charge is 2.26. The first-order valence-electron chi connectivity index (χ1n) is 43.2. The number of nitrogens with zero attached hydrogens (tertiary/aromatic N) is 6. The molecule has 0 aliphatic rings. The van der Waals surface area contributed by atoms with Crippen LogP contribution < -0.4 is 0 Å². The van der Waals surface area contributed by atoms with Crippen LogP contribution in [0.4, 0.5) is 0 Å². The fourth-order valence-corrected chi connectivity index (χ4v) is 20.3. The van der Waals surface area contributed by atoms with Crippen LogP contribution in [0, 0.1) is 0 Å². The normalized spacial score (nSPS) is 11.8. The molecule has 0 N–H and O–H groups in total. The molecule has 0 fully saturated rings. The summed E-state index contributed by atoms with van der Waals surface area (Å²) in [7, 11) is 0. The number of hydrogen-bond acceptors (Lipinski definition) is 4. The first-order chi connectivity index (χ1) is 62.5. The summed E-state index contributed by atoms with van der Waals surface area (Å²) >= 11 is 0. The van der Waals surface area contributed by atoms with E-state index in [9.17, 15) is 0 Å². The largest absolute Gasteiger partial charge is 0.309 e. The minimum absolute atomic E-state index is 0.696. The molecule has 4 aromatic heterocycles. The lowest BCUT2D eigenvalue weighted by molar-refractivity contribution is 1.19. The van der Waals surface area contributed by atoms with E-state index in [4.69, 9.17) is 19.9 Å². The van der Waals surface area contributed by atoms with Crippen LogP contribution in [0.3, 0.4) is 0 Å². The summed E-state index contributed by atoms with van der Waals surface area (Å²) in [5.41, 5.74) is 21.7. The van der Waals surface area contributed by atoms with E-state index in [-0.39, 0.29) is 0 Å². The molecule has 0 saturated carbocycles. The predicted octanol–water partition coefficient (Wildman–Crippen LogP) is 32.0. The Morgan fingerprint density at radius 2 is 0.437 bits per heavy atom. The second kappa shape index (κ2) is 29.5. The molecule has 26 aromatic rings. The van der Waals surface area contributed by atoms with E-state index in [0.29, 0.717) is 11.6 Å². The summed E-state index contributed by atoms with van der Waals surface area (Å²) < 4.78 is 4.91. The van der Waals surface area contributed by atoms with Gasteiger partial charge < -0.3 is 9.13 Å². The molecular weight excluding hydrogens is 1530 g/mol. The average molecular weight is 1600 g/mol. The molecular formula is C120H74N6. The van der Waals surface area contributed by atoms with Crippen molar-refractivity contribution in [3.8, 4) is 101 Å². The maximum atomic E-state index is 5.35. The first kappa shape index (κ1) is 72.1. The standard InChI is InChI=1S/2C60H37N3/c1-3-17-39(18-4-1)54-37-55(62-60(61-54)53-35-41-19-7-8-22-43(41)44-23-9-10-24-45(44)53)40-33-31-38(32-34-40)51-36-52-47-26-12-14-28-49(47)59-58(57(52)48-27-13-11-25-46(48)51)50-29-15-16-30-56(50)63(59)42-20-5-2-6-21-42;1-3-17-39(18-4-1)54-37-55(52-35-41-19-7-8-22-43(41)44-23-9-10-24-45(44)52)62-60(61-54)40-33-31-38(32-34-40)51-36-53-47-26-12-14-28-49(47)59-58(57(53)48-27-13-11-25-46(48)51)50-29-15-16-30-56(50)63(59)42-20-5-2-6-21-42/h2*1-37H. The van der Waals surface area contributed by atoms with E-state index < -0.39 is 0 Å². The average Bonchev–Trinajstić information content (AvgIpc) is 1.51. The maximum Gasteiger partial charge on any atom is 0.161 e. The Morgan fingerprint density at radius 1 is 0.151 bits per heavy atom. The Kier molecular flexibility index (Phi) is 16.9. The summed E-state index contributed by atoms with van der Waals surface area (Å²) in [4.78, 5) is 21.2. The van der Waals surface area contributed by atoms with Gasteiger partial charge in [-0.25, -0.2) is 19.9 Å². The molecule has 0 aliphatic heterocycles. The van der Waals surface area contributed by atoms with Crippen molar-refractivity contribution < 1.29 is 0 Å². The summed E-state index contributed by atoms with van der Waals surface area (Å²) in [5, 5.41) is 29.6. The van der Waals surface area contributed by atoms with Crippen LogP contribution in [0.25, 0.3) is 253 Å². The van der Waals surface area contributed by atoms with Gasteiger partial charge in [-0.3, -0.25) is 0 Å².